The highest BCUT2D eigenvalue weighted by Crippen LogP contribution is 2.40. The molecule has 2 aromatic carbocycles. The van der Waals surface area contributed by atoms with Gasteiger partial charge in [-0.2, -0.15) is 0 Å². The lowest BCUT2D eigenvalue weighted by Crippen LogP contribution is -2.50. The number of carbonyl (C=O) groups is 1. The summed E-state index contributed by atoms with van der Waals surface area (Å²) in [4.78, 5) is 16.8. The van der Waals surface area contributed by atoms with Crippen molar-refractivity contribution in [1.29, 1.82) is 0 Å². The number of anilines is 2. The van der Waals surface area contributed by atoms with Crippen LogP contribution in [0.3, 0.4) is 0 Å². The number of nitrogens with zero attached hydrogens (tertiary/aromatic N) is 4. The Balaban J connectivity index is 1.39. The zero-order valence-corrected chi connectivity index (χ0v) is 21.7. The van der Waals surface area contributed by atoms with E-state index in [9.17, 15) is 4.79 Å². The van der Waals surface area contributed by atoms with Gasteiger partial charge in [0.15, 0.2) is 17.3 Å². The number of methoxy groups -OCH3 is 3. The molecule has 0 atom stereocenters. The van der Waals surface area contributed by atoms with E-state index in [0.29, 0.717) is 49.1 Å². The Kier molecular flexibility index (Phi) is 7.47. The number of ether oxygens (including phenoxy) is 3. The average Bonchev–Trinajstić information content (AvgIpc) is 2.90. The molecule has 9 nitrogen and oxygen atoms in total. The van der Waals surface area contributed by atoms with Gasteiger partial charge in [0.1, 0.15) is 0 Å². The van der Waals surface area contributed by atoms with Gasteiger partial charge in [0.05, 0.1) is 32.7 Å². The fourth-order valence-electron chi connectivity index (χ4n) is 4.37. The van der Waals surface area contributed by atoms with Crippen molar-refractivity contribution >= 4 is 17.5 Å². The molecule has 0 saturated carbocycles. The molecule has 36 heavy (non-hydrogen) atoms. The number of piperazine rings is 1. The minimum Gasteiger partial charge on any atom is -0.493 e. The monoisotopic (exact) mass is 491 g/mol. The first-order valence-corrected chi connectivity index (χ1v) is 11.9. The van der Waals surface area contributed by atoms with Crippen LogP contribution in [0.2, 0.25) is 0 Å². The van der Waals surface area contributed by atoms with Crippen molar-refractivity contribution in [2.75, 3.05) is 57.7 Å². The maximum atomic E-state index is 12.9. The summed E-state index contributed by atoms with van der Waals surface area (Å²) in [5.74, 6) is 2.25. The standard InChI is InChI=1S/C27H33N5O4/c1-17-13-19(3)21(14-18(17)2)22-7-8-25(30-29-22)31-9-11-32(12-10-31)27(33)28-20-15-23(34-4)26(36-6)24(16-20)35-5/h7-8,13-16H,9-12H2,1-6H3,(H,28,33). The largest absolute Gasteiger partial charge is 0.493 e. The van der Waals surface area contributed by atoms with E-state index in [2.05, 4.69) is 53.3 Å². The van der Waals surface area contributed by atoms with Gasteiger partial charge in [-0.1, -0.05) is 6.07 Å². The van der Waals surface area contributed by atoms with E-state index in [0.717, 1.165) is 17.1 Å². The van der Waals surface area contributed by atoms with Crippen molar-refractivity contribution in [3.8, 4) is 28.5 Å². The van der Waals surface area contributed by atoms with Crippen LogP contribution in [0.4, 0.5) is 16.3 Å². The van der Waals surface area contributed by atoms with Crippen LogP contribution in [-0.2, 0) is 0 Å². The van der Waals surface area contributed by atoms with Crippen molar-refractivity contribution in [3.63, 3.8) is 0 Å². The molecule has 0 unspecified atom stereocenters. The van der Waals surface area contributed by atoms with Gasteiger partial charge in [-0.25, -0.2) is 4.79 Å². The third-order valence-electron chi connectivity index (χ3n) is 6.57. The number of nitrogens with one attached hydrogen (secondary N) is 1. The lowest BCUT2D eigenvalue weighted by molar-refractivity contribution is 0.208. The van der Waals surface area contributed by atoms with E-state index in [4.69, 9.17) is 14.2 Å². The average molecular weight is 492 g/mol. The van der Waals surface area contributed by atoms with Crippen molar-refractivity contribution < 1.29 is 19.0 Å². The summed E-state index contributed by atoms with van der Waals surface area (Å²) < 4.78 is 16.1. The zero-order valence-electron chi connectivity index (χ0n) is 21.7. The van der Waals surface area contributed by atoms with Crippen molar-refractivity contribution in [3.05, 3.63) is 53.1 Å². The van der Waals surface area contributed by atoms with E-state index in [1.165, 1.54) is 16.7 Å². The molecular formula is C27H33N5O4. The molecule has 190 valence electrons. The van der Waals surface area contributed by atoms with Crippen LogP contribution >= 0.6 is 0 Å². The number of amides is 2. The van der Waals surface area contributed by atoms with E-state index < -0.39 is 0 Å². The van der Waals surface area contributed by atoms with Crippen molar-refractivity contribution in [2.45, 2.75) is 20.8 Å². The molecule has 1 N–H and O–H groups in total. The molecule has 9 heteroatoms. The highest BCUT2D eigenvalue weighted by atomic mass is 16.5. The number of benzene rings is 2. The van der Waals surface area contributed by atoms with Crippen molar-refractivity contribution in [1.82, 2.24) is 15.1 Å². The molecule has 0 spiro atoms. The van der Waals surface area contributed by atoms with E-state index in [-0.39, 0.29) is 6.03 Å². The second-order valence-electron chi connectivity index (χ2n) is 8.85. The third kappa shape index (κ3) is 5.15. The number of hydrogen-bond acceptors (Lipinski definition) is 7. The lowest BCUT2D eigenvalue weighted by Gasteiger charge is -2.35. The predicted molar refractivity (Wildman–Crippen MR) is 141 cm³/mol. The Hall–Kier alpha value is -4.01. The van der Waals surface area contributed by atoms with Gasteiger partial charge < -0.3 is 29.3 Å². The van der Waals surface area contributed by atoms with Crippen molar-refractivity contribution in [2.24, 2.45) is 0 Å². The summed E-state index contributed by atoms with van der Waals surface area (Å²) in [6, 6.07) is 11.6. The molecule has 1 aliphatic rings. The Morgan fingerprint density at radius 2 is 1.44 bits per heavy atom. The van der Waals surface area contributed by atoms with Gasteiger partial charge in [-0.15, -0.1) is 10.2 Å². The van der Waals surface area contributed by atoms with Crippen LogP contribution < -0.4 is 24.4 Å². The summed E-state index contributed by atoms with van der Waals surface area (Å²) in [6.07, 6.45) is 0. The second kappa shape index (κ2) is 10.7. The number of aromatic nitrogens is 2. The molecule has 1 saturated heterocycles. The molecule has 3 aromatic rings. The topological polar surface area (TPSA) is 89.1 Å². The fraction of sp³-hybridized carbons (Fsp3) is 0.370. The van der Waals surface area contributed by atoms with Crippen LogP contribution in [-0.4, -0.2) is 68.6 Å². The first-order chi connectivity index (χ1) is 17.3. The molecule has 1 aliphatic heterocycles. The van der Waals surface area contributed by atoms with Gasteiger partial charge in [-0.3, -0.25) is 0 Å². The number of hydrogen-bond donors (Lipinski definition) is 1. The zero-order chi connectivity index (χ0) is 25.8. The smallest absolute Gasteiger partial charge is 0.321 e. The van der Waals surface area contributed by atoms with Crippen LogP contribution in [0, 0.1) is 20.8 Å². The molecule has 0 bridgehead atoms. The summed E-state index contributed by atoms with van der Waals surface area (Å²) in [6.45, 7) is 8.78. The number of rotatable bonds is 6. The molecular weight excluding hydrogens is 458 g/mol. The SMILES string of the molecule is COc1cc(NC(=O)N2CCN(c3ccc(-c4cc(C)c(C)cc4C)nn3)CC2)cc(OC)c1OC. The van der Waals surface area contributed by atoms with E-state index in [1.807, 2.05) is 12.1 Å². The Bertz CT molecular complexity index is 1210. The summed E-state index contributed by atoms with van der Waals surface area (Å²) in [5, 5.41) is 11.9. The van der Waals surface area contributed by atoms with Crippen LogP contribution in [0.15, 0.2) is 36.4 Å². The molecule has 1 fully saturated rings. The van der Waals surface area contributed by atoms with Crippen LogP contribution in [0.5, 0.6) is 17.2 Å². The Morgan fingerprint density at radius 3 is 2.00 bits per heavy atom. The van der Waals surface area contributed by atoms with Crippen LogP contribution in [0.1, 0.15) is 16.7 Å². The number of aryl methyl sites for hydroxylation is 3. The molecule has 4 rings (SSSR count). The summed E-state index contributed by atoms with van der Waals surface area (Å²) in [7, 11) is 4.63. The number of urea groups is 1. The van der Waals surface area contributed by atoms with Crippen LogP contribution in [0.25, 0.3) is 11.3 Å². The third-order valence-corrected chi connectivity index (χ3v) is 6.57. The summed E-state index contributed by atoms with van der Waals surface area (Å²) in [5.41, 5.74) is 6.23. The molecule has 0 aliphatic carbocycles. The Morgan fingerprint density at radius 1 is 0.806 bits per heavy atom. The first-order valence-electron chi connectivity index (χ1n) is 11.9. The minimum absolute atomic E-state index is 0.185. The molecule has 0 radical (unpaired) electrons. The van der Waals surface area contributed by atoms with Gasteiger partial charge in [0, 0.05) is 43.9 Å². The maximum Gasteiger partial charge on any atom is 0.321 e. The van der Waals surface area contributed by atoms with E-state index in [1.54, 1.807) is 38.4 Å². The lowest BCUT2D eigenvalue weighted by atomic mass is 9.99. The quantitative estimate of drug-likeness (QED) is 0.545. The van der Waals surface area contributed by atoms with Gasteiger partial charge in [0.2, 0.25) is 5.75 Å². The van der Waals surface area contributed by atoms with Gasteiger partial charge >= 0.3 is 6.03 Å². The summed E-state index contributed by atoms with van der Waals surface area (Å²) >= 11 is 0. The number of carbonyl (C=O) groups excluding carboxylic acids is 1. The second-order valence-corrected chi connectivity index (χ2v) is 8.85. The highest BCUT2D eigenvalue weighted by molar-refractivity contribution is 5.90. The molecule has 2 heterocycles. The normalized spacial score (nSPS) is 13.4. The van der Waals surface area contributed by atoms with Gasteiger partial charge in [-0.05, 0) is 55.7 Å². The fourth-order valence-corrected chi connectivity index (χ4v) is 4.37. The minimum atomic E-state index is -0.185. The molecule has 1 aromatic heterocycles. The Labute approximate surface area is 212 Å². The maximum absolute atomic E-state index is 12.9. The first kappa shape index (κ1) is 25.1. The predicted octanol–water partition coefficient (Wildman–Crippen LogP) is 4.45. The molecule has 2 amide bonds. The van der Waals surface area contributed by atoms with E-state index >= 15 is 0 Å². The van der Waals surface area contributed by atoms with Gasteiger partial charge in [0.25, 0.3) is 0 Å². The highest BCUT2D eigenvalue weighted by Gasteiger charge is 2.23.